The number of aryl methyl sites for hydroxylation is 2. The van der Waals surface area contributed by atoms with Gasteiger partial charge in [-0.2, -0.15) is 0 Å². The van der Waals surface area contributed by atoms with Crippen LogP contribution in [0.2, 0.25) is 5.02 Å². The first-order valence-electron chi connectivity index (χ1n) is 9.20. The largest absolute Gasteiger partial charge is 0.496 e. The Kier molecular flexibility index (Phi) is 5.51. The van der Waals surface area contributed by atoms with Crippen LogP contribution < -0.4 is 10.1 Å². The standard InChI is InChI=1S/C22H17ClFN3O3S/c1-10-18(12-4-6-13(24)7-5-12)19-20(25-11(2)26-21(19)31-10)27-16-9-17(30-3)14(22(28)29)8-15(16)23/h4-9H,1-3H3,(H,28,29)(H,25,26,27). The minimum absolute atomic E-state index is 0.0413. The number of rotatable bonds is 5. The summed E-state index contributed by atoms with van der Waals surface area (Å²) in [6, 6.07) is 9.09. The topological polar surface area (TPSA) is 84.3 Å². The molecule has 0 amide bonds. The molecule has 0 aliphatic rings. The Morgan fingerprint density at radius 1 is 1.19 bits per heavy atom. The van der Waals surface area contributed by atoms with Crippen molar-refractivity contribution in [1.29, 1.82) is 0 Å². The third-order valence-electron chi connectivity index (χ3n) is 4.74. The molecule has 0 unspecified atom stereocenters. The summed E-state index contributed by atoms with van der Waals surface area (Å²) < 4.78 is 18.7. The van der Waals surface area contributed by atoms with E-state index in [9.17, 15) is 14.3 Å². The monoisotopic (exact) mass is 457 g/mol. The van der Waals surface area contributed by atoms with E-state index in [1.54, 1.807) is 19.1 Å². The number of aromatic nitrogens is 2. The molecule has 2 heterocycles. The maximum absolute atomic E-state index is 13.5. The number of halogens is 2. The van der Waals surface area contributed by atoms with Gasteiger partial charge in [0.1, 0.15) is 33.6 Å². The molecule has 2 N–H and O–H groups in total. The minimum Gasteiger partial charge on any atom is -0.496 e. The van der Waals surface area contributed by atoms with E-state index in [1.807, 2.05) is 6.92 Å². The van der Waals surface area contributed by atoms with E-state index in [0.717, 1.165) is 26.2 Å². The van der Waals surface area contributed by atoms with Gasteiger partial charge in [0.2, 0.25) is 0 Å². The molecule has 9 heteroatoms. The first-order chi connectivity index (χ1) is 14.8. The van der Waals surface area contributed by atoms with E-state index in [1.165, 1.54) is 42.7 Å². The zero-order valence-corrected chi connectivity index (χ0v) is 18.4. The molecule has 0 fully saturated rings. The highest BCUT2D eigenvalue weighted by Crippen LogP contribution is 2.42. The van der Waals surface area contributed by atoms with Crippen LogP contribution in [0.15, 0.2) is 36.4 Å². The second-order valence-corrected chi connectivity index (χ2v) is 8.41. The number of methoxy groups -OCH3 is 1. The van der Waals surface area contributed by atoms with Gasteiger partial charge in [0.25, 0.3) is 0 Å². The quantitative estimate of drug-likeness (QED) is 0.370. The lowest BCUT2D eigenvalue weighted by molar-refractivity contribution is 0.0693. The van der Waals surface area contributed by atoms with E-state index < -0.39 is 5.97 Å². The molecular weight excluding hydrogens is 441 g/mol. The molecule has 0 radical (unpaired) electrons. The summed E-state index contributed by atoms with van der Waals surface area (Å²) in [4.78, 5) is 22.3. The van der Waals surface area contributed by atoms with Gasteiger partial charge in [-0.05, 0) is 37.6 Å². The van der Waals surface area contributed by atoms with Crippen LogP contribution in [0.25, 0.3) is 21.3 Å². The van der Waals surface area contributed by atoms with Gasteiger partial charge in [0.05, 0.1) is 23.2 Å². The summed E-state index contributed by atoms with van der Waals surface area (Å²) in [6.07, 6.45) is 0. The van der Waals surface area contributed by atoms with Crippen molar-refractivity contribution in [2.24, 2.45) is 0 Å². The minimum atomic E-state index is -1.14. The van der Waals surface area contributed by atoms with Gasteiger partial charge >= 0.3 is 5.97 Å². The number of hydrogen-bond acceptors (Lipinski definition) is 6. The maximum atomic E-state index is 13.5. The molecule has 0 spiro atoms. The van der Waals surface area contributed by atoms with Crippen molar-refractivity contribution in [2.75, 3.05) is 12.4 Å². The molecule has 158 valence electrons. The van der Waals surface area contributed by atoms with Crippen LogP contribution in [-0.4, -0.2) is 28.2 Å². The van der Waals surface area contributed by atoms with Gasteiger partial charge in [-0.15, -0.1) is 11.3 Å². The summed E-state index contributed by atoms with van der Waals surface area (Å²) in [5, 5.41) is 13.5. The Labute approximate surface area is 186 Å². The Hall–Kier alpha value is -3.23. The van der Waals surface area contributed by atoms with Crippen molar-refractivity contribution < 1.29 is 19.0 Å². The lowest BCUT2D eigenvalue weighted by Gasteiger charge is -2.14. The highest BCUT2D eigenvalue weighted by Gasteiger charge is 2.20. The molecule has 4 rings (SSSR count). The number of hydrogen-bond donors (Lipinski definition) is 2. The van der Waals surface area contributed by atoms with Crippen molar-refractivity contribution in [3.8, 4) is 16.9 Å². The number of carbonyl (C=O) groups is 1. The van der Waals surface area contributed by atoms with Crippen molar-refractivity contribution in [3.05, 3.63) is 63.5 Å². The molecular formula is C22H17ClFN3O3S. The number of thiophene rings is 1. The van der Waals surface area contributed by atoms with E-state index in [-0.39, 0.29) is 22.2 Å². The van der Waals surface area contributed by atoms with Crippen LogP contribution >= 0.6 is 22.9 Å². The fourth-order valence-electron chi connectivity index (χ4n) is 3.39. The summed E-state index contributed by atoms with van der Waals surface area (Å²) in [5.74, 6) is -0.214. The van der Waals surface area contributed by atoms with Crippen LogP contribution in [0.3, 0.4) is 0 Å². The van der Waals surface area contributed by atoms with Crippen molar-refractivity contribution >= 4 is 50.6 Å². The summed E-state index contributed by atoms with van der Waals surface area (Å²) in [5.41, 5.74) is 2.13. The number of anilines is 2. The molecule has 4 aromatic rings. The first kappa shape index (κ1) is 21.0. The number of carboxylic acid groups (broad SMARTS) is 1. The van der Waals surface area contributed by atoms with Crippen molar-refractivity contribution in [1.82, 2.24) is 9.97 Å². The molecule has 0 saturated heterocycles. The molecule has 6 nitrogen and oxygen atoms in total. The Morgan fingerprint density at radius 2 is 1.90 bits per heavy atom. The molecule has 2 aromatic carbocycles. The SMILES string of the molecule is COc1cc(Nc2nc(C)nc3sc(C)c(-c4ccc(F)cc4)c23)c(Cl)cc1C(=O)O. The Bertz CT molecular complexity index is 1320. The molecule has 0 bridgehead atoms. The highest BCUT2D eigenvalue weighted by atomic mass is 35.5. The van der Waals surface area contributed by atoms with Gasteiger partial charge < -0.3 is 15.2 Å². The van der Waals surface area contributed by atoms with Gasteiger partial charge in [-0.1, -0.05) is 23.7 Å². The number of nitrogens with one attached hydrogen (secondary N) is 1. The van der Waals surface area contributed by atoms with E-state index in [0.29, 0.717) is 17.3 Å². The number of aromatic carboxylic acids is 1. The third kappa shape index (κ3) is 3.92. The number of benzene rings is 2. The summed E-state index contributed by atoms with van der Waals surface area (Å²) in [7, 11) is 1.39. The number of nitrogens with zero attached hydrogens (tertiary/aromatic N) is 2. The Balaban J connectivity index is 1.91. The number of carboxylic acids is 1. The fraction of sp³-hybridized carbons (Fsp3) is 0.136. The zero-order chi connectivity index (χ0) is 22.3. The predicted molar refractivity (Wildman–Crippen MR) is 121 cm³/mol. The van der Waals surface area contributed by atoms with E-state index >= 15 is 0 Å². The van der Waals surface area contributed by atoms with Gasteiger partial charge in [0, 0.05) is 16.5 Å². The average Bonchev–Trinajstić information content (AvgIpc) is 3.05. The molecule has 0 atom stereocenters. The van der Waals surface area contributed by atoms with Crippen LogP contribution in [-0.2, 0) is 0 Å². The number of fused-ring (bicyclic) bond motifs is 1. The predicted octanol–water partition coefficient (Wildman–Crippen LogP) is 6.22. The zero-order valence-electron chi connectivity index (χ0n) is 16.8. The Morgan fingerprint density at radius 3 is 2.55 bits per heavy atom. The second-order valence-electron chi connectivity index (χ2n) is 6.80. The average molecular weight is 458 g/mol. The van der Waals surface area contributed by atoms with Gasteiger partial charge in [0.15, 0.2) is 0 Å². The molecule has 2 aromatic heterocycles. The lowest BCUT2D eigenvalue weighted by atomic mass is 10.0. The molecule has 0 saturated carbocycles. The van der Waals surface area contributed by atoms with Crippen LogP contribution in [0.5, 0.6) is 5.75 Å². The summed E-state index contributed by atoms with van der Waals surface area (Å²) >= 11 is 7.87. The van der Waals surface area contributed by atoms with Gasteiger partial charge in [-0.3, -0.25) is 0 Å². The molecule has 0 aliphatic heterocycles. The van der Waals surface area contributed by atoms with Crippen LogP contribution in [0.4, 0.5) is 15.9 Å². The molecule has 0 aliphatic carbocycles. The second kappa shape index (κ2) is 8.13. The number of ether oxygens (including phenoxy) is 1. The van der Waals surface area contributed by atoms with Crippen molar-refractivity contribution in [2.45, 2.75) is 13.8 Å². The first-order valence-corrected chi connectivity index (χ1v) is 10.4. The summed E-state index contributed by atoms with van der Waals surface area (Å²) in [6.45, 7) is 3.76. The van der Waals surface area contributed by atoms with E-state index in [4.69, 9.17) is 16.3 Å². The van der Waals surface area contributed by atoms with Crippen LogP contribution in [0, 0.1) is 19.7 Å². The van der Waals surface area contributed by atoms with Gasteiger partial charge in [-0.25, -0.2) is 19.2 Å². The lowest BCUT2D eigenvalue weighted by Crippen LogP contribution is -2.03. The highest BCUT2D eigenvalue weighted by molar-refractivity contribution is 7.19. The molecule has 31 heavy (non-hydrogen) atoms. The smallest absolute Gasteiger partial charge is 0.339 e. The third-order valence-corrected chi connectivity index (χ3v) is 6.06. The normalized spacial score (nSPS) is 11.0. The fourth-order valence-corrected chi connectivity index (χ4v) is 4.69. The van der Waals surface area contributed by atoms with Crippen molar-refractivity contribution in [3.63, 3.8) is 0 Å². The maximum Gasteiger partial charge on any atom is 0.339 e. The van der Waals surface area contributed by atoms with Crippen LogP contribution in [0.1, 0.15) is 21.1 Å². The van der Waals surface area contributed by atoms with E-state index in [2.05, 4.69) is 15.3 Å².